The molecule has 6 heteroatoms. The fourth-order valence-electron chi connectivity index (χ4n) is 1.56. The molecule has 2 amide bonds. The van der Waals surface area contributed by atoms with Crippen LogP contribution in [-0.4, -0.2) is 32.1 Å². The van der Waals surface area contributed by atoms with Crippen LogP contribution in [0.4, 0.5) is 5.69 Å². The van der Waals surface area contributed by atoms with E-state index in [2.05, 4.69) is 10.6 Å². The third kappa shape index (κ3) is 3.25. The molecule has 0 atom stereocenters. The van der Waals surface area contributed by atoms with Crippen LogP contribution in [0.1, 0.15) is 10.4 Å². The van der Waals surface area contributed by atoms with Crippen LogP contribution in [0.5, 0.6) is 0 Å². The molecule has 0 aromatic heterocycles. The highest BCUT2D eigenvalue weighted by Crippen LogP contribution is 2.13. The molecule has 0 saturated heterocycles. The summed E-state index contributed by atoms with van der Waals surface area (Å²) < 4.78 is 10.2. The van der Waals surface area contributed by atoms with Crippen LogP contribution >= 0.6 is 0 Å². The van der Waals surface area contributed by atoms with Crippen LogP contribution < -0.4 is 10.6 Å². The van der Waals surface area contributed by atoms with Crippen LogP contribution in [0.3, 0.4) is 0 Å². The van der Waals surface area contributed by atoms with Crippen molar-refractivity contribution in [2.45, 2.75) is 0 Å². The highest BCUT2D eigenvalue weighted by atomic mass is 16.6. The second-order valence-corrected chi connectivity index (χ2v) is 3.82. The number of rotatable bonds is 3. The highest BCUT2D eigenvalue weighted by Gasteiger charge is 2.15. The molecular formula is C13H14N2O4. The zero-order chi connectivity index (χ0) is 13.7. The Labute approximate surface area is 110 Å². The predicted octanol–water partition coefficient (Wildman–Crippen LogP) is 0.873. The van der Waals surface area contributed by atoms with E-state index in [0.717, 1.165) is 0 Å². The Balaban J connectivity index is 2.08. The number of anilines is 1. The molecule has 2 rings (SSSR count). The molecule has 0 fully saturated rings. The van der Waals surface area contributed by atoms with Gasteiger partial charge in [0.05, 0.1) is 0 Å². The van der Waals surface area contributed by atoms with Crippen molar-refractivity contribution in [3.63, 3.8) is 0 Å². The SMILES string of the molecule is CNC(=O)c1cccc(NC(=O)C2=COCCO2)c1. The van der Waals surface area contributed by atoms with E-state index in [1.165, 1.54) is 6.26 Å². The van der Waals surface area contributed by atoms with Gasteiger partial charge in [0, 0.05) is 18.3 Å². The Bertz CT molecular complexity index is 525. The molecule has 1 aliphatic rings. The lowest BCUT2D eigenvalue weighted by molar-refractivity contribution is -0.117. The number of hydrogen-bond acceptors (Lipinski definition) is 4. The van der Waals surface area contributed by atoms with Gasteiger partial charge in [0.2, 0.25) is 5.76 Å². The molecule has 1 heterocycles. The zero-order valence-electron chi connectivity index (χ0n) is 10.4. The molecule has 1 aliphatic heterocycles. The molecule has 100 valence electrons. The topological polar surface area (TPSA) is 76.7 Å². The number of benzene rings is 1. The number of nitrogens with one attached hydrogen (secondary N) is 2. The van der Waals surface area contributed by atoms with E-state index in [0.29, 0.717) is 24.5 Å². The van der Waals surface area contributed by atoms with Crippen molar-refractivity contribution in [1.82, 2.24) is 5.32 Å². The standard InChI is InChI=1S/C13H14N2O4/c1-14-12(16)9-3-2-4-10(7-9)15-13(17)11-8-18-5-6-19-11/h2-4,7-8H,5-6H2,1H3,(H,14,16)(H,15,17). The normalized spacial score (nSPS) is 13.6. The smallest absolute Gasteiger partial charge is 0.294 e. The second kappa shape index (κ2) is 5.90. The van der Waals surface area contributed by atoms with Gasteiger partial charge < -0.3 is 20.1 Å². The maximum Gasteiger partial charge on any atom is 0.294 e. The first kappa shape index (κ1) is 12.9. The molecule has 0 unspecified atom stereocenters. The molecule has 2 N–H and O–H groups in total. The van der Waals surface area contributed by atoms with E-state index < -0.39 is 5.91 Å². The first-order chi connectivity index (χ1) is 9.20. The summed E-state index contributed by atoms with van der Waals surface area (Å²) in [5.41, 5.74) is 0.983. The molecule has 0 aliphatic carbocycles. The summed E-state index contributed by atoms with van der Waals surface area (Å²) in [5, 5.41) is 5.16. The van der Waals surface area contributed by atoms with Crippen molar-refractivity contribution in [1.29, 1.82) is 0 Å². The molecule has 0 spiro atoms. The summed E-state index contributed by atoms with van der Waals surface area (Å²) in [6.07, 6.45) is 1.28. The summed E-state index contributed by atoms with van der Waals surface area (Å²) in [7, 11) is 1.55. The van der Waals surface area contributed by atoms with Gasteiger partial charge >= 0.3 is 0 Å². The molecule has 1 aromatic rings. The van der Waals surface area contributed by atoms with Gasteiger partial charge in [-0.05, 0) is 18.2 Å². The van der Waals surface area contributed by atoms with Crippen molar-refractivity contribution in [2.24, 2.45) is 0 Å². The van der Waals surface area contributed by atoms with Gasteiger partial charge in [-0.25, -0.2) is 0 Å². The molecule has 0 radical (unpaired) electrons. The minimum absolute atomic E-state index is 0.122. The maximum absolute atomic E-state index is 11.8. The Morgan fingerprint density at radius 1 is 1.21 bits per heavy atom. The van der Waals surface area contributed by atoms with E-state index in [9.17, 15) is 9.59 Å². The quantitative estimate of drug-likeness (QED) is 0.847. The molecule has 19 heavy (non-hydrogen) atoms. The summed E-state index contributed by atoms with van der Waals surface area (Å²) >= 11 is 0. The van der Waals surface area contributed by atoms with Gasteiger partial charge in [0.1, 0.15) is 19.5 Å². The lowest BCUT2D eigenvalue weighted by Crippen LogP contribution is -2.22. The van der Waals surface area contributed by atoms with Gasteiger partial charge in [0.25, 0.3) is 11.8 Å². The van der Waals surface area contributed by atoms with Crippen LogP contribution in [0.25, 0.3) is 0 Å². The lowest BCUT2D eigenvalue weighted by atomic mass is 10.2. The average Bonchev–Trinajstić information content (AvgIpc) is 2.47. The minimum atomic E-state index is -0.409. The average molecular weight is 262 g/mol. The molecule has 1 aromatic carbocycles. The first-order valence-corrected chi connectivity index (χ1v) is 5.79. The number of ether oxygens (including phenoxy) is 2. The van der Waals surface area contributed by atoms with Gasteiger partial charge in [0.15, 0.2) is 0 Å². The predicted molar refractivity (Wildman–Crippen MR) is 68.4 cm³/mol. The monoisotopic (exact) mass is 262 g/mol. The van der Waals surface area contributed by atoms with Crippen LogP contribution in [0.15, 0.2) is 36.3 Å². The van der Waals surface area contributed by atoms with Gasteiger partial charge in [-0.15, -0.1) is 0 Å². The molecular weight excluding hydrogens is 248 g/mol. The Hall–Kier alpha value is -2.50. The lowest BCUT2D eigenvalue weighted by Gasteiger charge is -2.15. The number of hydrogen-bond donors (Lipinski definition) is 2. The highest BCUT2D eigenvalue weighted by molar-refractivity contribution is 6.03. The Morgan fingerprint density at radius 3 is 2.74 bits per heavy atom. The summed E-state index contributed by atoms with van der Waals surface area (Å²) in [6, 6.07) is 6.62. The van der Waals surface area contributed by atoms with Crippen LogP contribution in [0, 0.1) is 0 Å². The minimum Gasteiger partial charge on any atom is -0.494 e. The zero-order valence-corrected chi connectivity index (χ0v) is 10.4. The summed E-state index contributed by atoms with van der Waals surface area (Å²) in [5.74, 6) is -0.502. The summed E-state index contributed by atoms with van der Waals surface area (Å²) in [4.78, 5) is 23.3. The second-order valence-electron chi connectivity index (χ2n) is 3.82. The van der Waals surface area contributed by atoms with Crippen LogP contribution in [-0.2, 0) is 14.3 Å². The fourth-order valence-corrected chi connectivity index (χ4v) is 1.56. The summed E-state index contributed by atoms with van der Waals surface area (Å²) in [6.45, 7) is 0.778. The maximum atomic E-state index is 11.8. The third-order valence-corrected chi connectivity index (χ3v) is 2.48. The third-order valence-electron chi connectivity index (χ3n) is 2.48. The van der Waals surface area contributed by atoms with Gasteiger partial charge in [-0.1, -0.05) is 6.07 Å². The fraction of sp³-hybridized carbons (Fsp3) is 0.231. The first-order valence-electron chi connectivity index (χ1n) is 5.79. The van der Waals surface area contributed by atoms with Crippen molar-refractivity contribution in [3.05, 3.63) is 41.9 Å². The van der Waals surface area contributed by atoms with Gasteiger partial charge in [-0.2, -0.15) is 0 Å². The van der Waals surface area contributed by atoms with E-state index >= 15 is 0 Å². The van der Waals surface area contributed by atoms with E-state index in [1.807, 2.05) is 0 Å². The molecule has 6 nitrogen and oxygen atoms in total. The number of amides is 2. The van der Waals surface area contributed by atoms with Gasteiger partial charge in [-0.3, -0.25) is 9.59 Å². The van der Waals surface area contributed by atoms with Crippen molar-refractivity contribution >= 4 is 17.5 Å². The van der Waals surface area contributed by atoms with Crippen molar-refractivity contribution < 1.29 is 19.1 Å². The van der Waals surface area contributed by atoms with E-state index in [-0.39, 0.29) is 11.7 Å². The van der Waals surface area contributed by atoms with E-state index in [1.54, 1.807) is 31.3 Å². The largest absolute Gasteiger partial charge is 0.494 e. The number of carbonyl (C=O) groups excluding carboxylic acids is 2. The molecule has 0 saturated carbocycles. The van der Waals surface area contributed by atoms with Crippen LogP contribution in [0.2, 0.25) is 0 Å². The Morgan fingerprint density at radius 2 is 2.05 bits per heavy atom. The number of carbonyl (C=O) groups is 2. The van der Waals surface area contributed by atoms with Crippen molar-refractivity contribution in [2.75, 3.05) is 25.6 Å². The van der Waals surface area contributed by atoms with Crippen molar-refractivity contribution in [3.8, 4) is 0 Å². The molecule has 0 bridgehead atoms. The van der Waals surface area contributed by atoms with E-state index in [4.69, 9.17) is 9.47 Å². The Kier molecular flexibility index (Phi) is 4.02.